The Morgan fingerprint density at radius 3 is 2.78 bits per heavy atom. The Hall–Kier alpha value is -2.56. The third-order valence-corrected chi connectivity index (χ3v) is 3.56. The average Bonchev–Trinajstić information content (AvgIpc) is 3.42. The van der Waals surface area contributed by atoms with Crippen LogP contribution in [0.5, 0.6) is 11.6 Å². The van der Waals surface area contributed by atoms with E-state index in [2.05, 4.69) is 10.3 Å². The number of pyridine rings is 1. The number of amides is 1. The maximum atomic E-state index is 12.1. The van der Waals surface area contributed by atoms with Crippen LogP contribution in [0.3, 0.4) is 0 Å². The summed E-state index contributed by atoms with van der Waals surface area (Å²) in [5.74, 6) is 1.80. The van der Waals surface area contributed by atoms with Gasteiger partial charge in [0.1, 0.15) is 12.4 Å². The van der Waals surface area contributed by atoms with Gasteiger partial charge in [0.2, 0.25) is 5.88 Å². The van der Waals surface area contributed by atoms with Gasteiger partial charge >= 0.3 is 0 Å². The molecule has 0 bridgehead atoms. The Labute approximate surface area is 135 Å². The normalized spacial score (nSPS) is 13.4. The maximum absolute atomic E-state index is 12.1. The van der Waals surface area contributed by atoms with Crippen molar-refractivity contribution in [1.82, 2.24) is 10.3 Å². The molecule has 1 amide bonds. The lowest BCUT2D eigenvalue weighted by Crippen LogP contribution is -2.28. The van der Waals surface area contributed by atoms with Gasteiger partial charge in [0.25, 0.3) is 5.91 Å². The molecule has 3 rings (SSSR count). The molecule has 5 nitrogen and oxygen atoms in total. The van der Waals surface area contributed by atoms with Gasteiger partial charge in [0.05, 0.1) is 13.2 Å². The second-order valence-corrected chi connectivity index (χ2v) is 5.55. The van der Waals surface area contributed by atoms with Crippen molar-refractivity contribution in [2.45, 2.75) is 12.8 Å². The van der Waals surface area contributed by atoms with Crippen LogP contribution in [0.2, 0.25) is 0 Å². The van der Waals surface area contributed by atoms with Gasteiger partial charge in [-0.2, -0.15) is 0 Å². The molecule has 23 heavy (non-hydrogen) atoms. The Morgan fingerprint density at radius 1 is 1.17 bits per heavy atom. The Bertz CT molecular complexity index is 642. The summed E-state index contributed by atoms with van der Waals surface area (Å²) in [4.78, 5) is 16.2. The molecule has 0 unspecified atom stereocenters. The van der Waals surface area contributed by atoms with Crippen LogP contribution in [0, 0.1) is 5.92 Å². The molecule has 2 aromatic rings. The fourth-order valence-corrected chi connectivity index (χ4v) is 2.07. The molecule has 0 atom stereocenters. The first kappa shape index (κ1) is 15.3. The molecule has 0 saturated heterocycles. The smallest absolute Gasteiger partial charge is 0.251 e. The van der Waals surface area contributed by atoms with E-state index >= 15 is 0 Å². The molecule has 1 aliphatic carbocycles. The molecule has 1 heterocycles. The topological polar surface area (TPSA) is 60.5 Å². The monoisotopic (exact) mass is 312 g/mol. The number of hydrogen-bond donors (Lipinski definition) is 1. The van der Waals surface area contributed by atoms with Crippen LogP contribution in [0.1, 0.15) is 23.2 Å². The molecule has 0 radical (unpaired) electrons. The highest BCUT2D eigenvalue weighted by Gasteiger charge is 2.22. The molecule has 1 aliphatic rings. The number of hydrogen-bond acceptors (Lipinski definition) is 4. The van der Waals surface area contributed by atoms with Gasteiger partial charge in [-0.15, -0.1) is 0 Å². The Kier molecular flexibility index (Phi) is 5.09. The first-order valence-corrected chi connectivity index (χ1v) is 7.86. The number of para-hydroxylation sites is 1. The summed E-state index contributed by atoms with van der Waals surface area (Å²) in [5.41, 5.74) is 0.547. The third-order valence-electron chi connectivity index (χ3n) is 3.56. The minimum Gasteiger partial charge on any atom is -0.492 e. The minimum atomic E-state index is -0.152. The van der Waals surface area contributed by atoms with Gasteiger partial charge in [0, 0.05) is 17.8 Å². The number of nitrogens with zero attached hydrogens (tertiary/aromatic N) is 1. The molecule has 5 heteroatoms. The van der Waals surface area contributed by atoms with Crippen molar-refractivity contribution in [3.05, 3.63) is 54.2 Å². The quantitative estimate of drug-likeness (QED) is 0.761. The zero-order valence-corrected chi connectivity index (χ0v) is 12.9. The molecule has 120 valence electrons. The van der Waals surface area contributed by atoms with Crippen molar-refractivity contribution in [1.29, 1.82) is 0 Å². The summed E-state index contributed by atoms with van der Waals surface area (Å²) in [6.45, 7) is 1.54. The molecule has 1 saturated carbocycles. The predicted molar refractivity (Wildman–Crippen MR) is 86.7 cm³/mol. The van der Waals surface area contributed by atoms with E-state index in [1.807, 2.05) is 30.3 Å². The van der Waals surface area contributed by atoms with Crippen molar-refractivity contribution >= 4 is 5.91 Å². The van der Waals surface area contributed by atoms with E-state index in [1.54, 1.807) is 18.3 Å². The average molecular weight is 312 g/mol. The molecule has 0 aliphatic heterocycles. The van der Waals surface area contributed by atoms with E-state index < -0.39 is 0 Å². The molecule has 1 aromatic carbocycles. The van der Waals surface area contributed by atoms with Gasteiger partial charge in [-0.05, 0) is 37.0 Å². The molecule has 1 fully saturated rings. The molecular weight excluding hydrogens is 292 g/mol. The number of rotatable bonds is 8. The van der Waals surface area contributed by atoms with Crippen molar-refractivity contribution in [3.8, 4) is 11.6 Å². The number of carbonyl (C=O) groups excluding carboxylic acids is 1. The van der Waals surface area contributed by atoms with Crippen molar-refractivity contribution < 1.29 is 14.3 Å². The molecule has 1 aromatic heterocycles. The van der Waals surface area contributed by atoms with Gasteiger partial charge in [0.15, 0.2) is 0 Å². The van der Waals surface area contributed by atoms with E-state index in [1.165, 1.54) is 12.8 Å². The fraction of sp³-hybridized carbons (Fsp3) is 0.333. The van der Waals surface area contributed by atoms with Crippen LogP contribution in [0.15, 0.2) is 48.7 Å². The highest BCUT2D eigenvalue weighted by Crippen LogP contribution is 2.29. The minimum absolute atomic E-state index is 0.152. The lowest BCUT2D eigenvalue weighted by molar-refractivity contribution is 0.0946. The van der Waals surface area contributed by atoms with E-state index in [0.29, 0.717) is 37.1 Å². The van der Waals surface area contributed by atoms with Gasteiger partial charge in [-0.25, -0.2) is 4.98 Å². The first-order valence-electron chi connectivity index (χ1n) is 7.86. The van der Waals surface area contributed by atoms with Crippen LogP contribution in [0.25, 0.3) is 0 Å². The number of carbonyl (C=O) groups is 1. The second-order valence-electron chi connectivity index (χ2n) is 5.55. The predicted octanol–water partition coefficient (Wildman–Crippen LogP) is 2.68. The summed E-state index contributed by atoms with van der Waals surface area (Å²) in [6.07, 6.45) is 4.04. The number of nitrogens with one attached hydrogen (secondary N) is 1. The fourth-order valence-electron chi connectivity index (χ4n) is 2.07. The Morgan fingerprint density at radius 2 is 2.00 bits per heavy atom. The molecule has 1 N–H and O–H groups in total. The van der Waals surface area contributed by atoms with Crippen LogP contribution >= 0.6 is 0 Å². The van der Waals surface area contributed by atoms with Crippen molar-refractivity contribution in [2.75, 3.05) is 19.8 Å². The first-order chi connectivity index (χ1) is 11.3. The van der Waals surface area contributed by atoms with Crippen molar-refractivity contribution in [3.63, 3.8) is 0 Å². The van der Waals surface area contributed by atoms with Crippen LogP contribution in [-0.4, -0.2) is 30.6 Å². The van der Waals surface area contributed by atoms with Gasteiger partial charge in [-0.1, -0.05) is 18.2 Å². The summed E-state index contributed by atoms with van der Waals surface area (Å²) >= 11 is 0. The van der Waals surface area contributed by atoms with Crippen LogP contribution < -0.4 is 14.8 Å². The summed E-state index contributed by atoms with van der Waals surface area (Å²) in [5, 5.41) is 2.83. The highest BCUT2D eigenvalue weighted by molar-refractivity contribution is 5.94. The van der Waals surface area contributed by atoms with E-state index in [-0.39, 0.29) is 5.91 Å². The van der Waals surface area contributed by atoms with E-state index in [4.69, 9.17) is 9.47 Å². The highest BCUT2D eigenvalue weighted by atomic mass is 16.5. The zero-order chi connectivity index (χ0) is 15.9. The van der Waals surface area contributed by atoms with Crippen LogP contribution in [-0.2, 0) is 0 Å². The number of benzene rings is 1. The third kappa shape index (κ3) is 4.98. The molecule has 0 spiro atoms. The van der Waals surface area contributed by atoms with Gasteiger partial charge in [-0.3, -0.25) is 4.79 Å². The maximum Gasteiger partial charge on any atom is 0.251 e. The van der Waals surface area contributed by atoms with E-state index in [0.717, 1.165) is 5.75 Å². The standard InChI is InChI=1S/C18H20N2O3/c21-18(20-10-11-22-16-4-2-1-3-5-16)15-8-9-19-17(12-15)23-13-14-6-7-14/h1-5,8-9,12,14H,6-7,10-11,13H2,(H,20,21). The number of aromatic nitrogens is 1. The van der Waals surface area contributed by atoms with Gasteiger partial charge < -0.3 is 14.8 Å². The SMILES string of the molecule is O=C(NCCOc1ccccc1)c1ccnc(OCC2CC2)c1. The lowest BCUT2D eigenvalue weighted by atomic mass is 10.2. The van der Waals surface area contributed by atoms with E-state index in [9.17, 15) is 4.79 Å². The number of ether oxygens (including phenoxy) is 2. The summed E-state index contributed by atoms with van der Waals surface area (Å²) in [7, 11) is 0. The summed E-state index contributed by atoms with van der Waals surface area (Å²) < 4.78 is 11.1. The Balaban J connectivity index is 1.43. The lowest BCUT2D eigenvalue weighted by Gasteiger charge is -2.09. The second kappa shape index (κ2) is 7.63. The van der Waals surface area contributed by atoms with Crippen LogP contribution in [0.4, 0.5) is 0 Å². The van der Waals surface area contributed by atoms with Crippen molar-refractivity contribution in [2.24, 2.45) is 5.92 Å². The molecular formula is C18H20N2O3. The largest absolute Gasteiger partial charge is 0.492 e. The summed E-state index contributed by atoms with van der Waals surface area (Å²) in [6, 6.07) is 12.9. The zero-order valence-electron chi connectivity index (χ0n) is 12.9.